The van der Waals surface area contributed by atoms with Gasteiger partial charge in [0.2, 0.25) is 11.8 Å². The Hall–Kier alpha value is -2.47. The first kappa shape index (κ1) is 28.1. The summed E-state index contributed by atoms with van der Waals surface area (Å²) < 4.78 is 0. The summed E-state index contributed by atoms with van der Waals surface area (Å²) in [5, 5.41) is 4.30. The summed E-state index contributed by atoms with van der Waals surface area (Å²) in [5.41, 5.74) is 2.78. The van der Waals surface area contributed by atoms with Crippen molar-refractivity contribution in [3.63, 3.8) is 0 Å². The standard InChI is InChI=1S/C29H32Cl2N2O2S/c1-2-3-17-32-29(35)27(18-22-11-5-4-6-12-22)33(19-23-13-7-9-15-25(23)30)28(34)21-36-20-24-14-8-10-16-26(24)31/h4-16,27H,2-3,17-21H2,1H3,(H,32,35)/t27-/m0/s1. The highest BCUT2D eigenvalue weighted by molar-refractivity contribution is 7.99. The van der Waals surface area contributed by atoms with E-state index in [0.717, 1.165) is 29.5 Å². The Kier molecular flexibility index (Phi) is 11.7. The molecule has 3 aromatic rings. The van der Waals surface area contributed by atoms with Crippen molar-refractivity contribution in [1.29, 1.82) is 0 Å². The molecule has 0 fully saturated rings. The normalized spacial score (nSPS) is 11.6. The summed E-state index contributed by atoms with van der Waals surface area (Å²) in [4.78, 5) is 28.7. The van der Waals surface area contributed by atoms with E-state index in [2.05, 4.69) is 12.2 Å². The molecule has 7 heteroatoms. The molecule has 0 spiro atoms. The third-order valence-corrected chi connectivity index (χ3v) is 7.54. The first-order chi connectivity index (χ1) is 17.5. The molecular formula is C29H32Cl2N2O2S. The largest absolute Gasteiger partial charge is 0.354 e. The van der Waals surface area contributed by atoms with Crippen LogP contribution in [0, 0.1) is 0 Å². The maximum atomic E-state index is 13.6. The molecule has 3 aromatic carbocycles. The van der Waals surface area contributed by atoms with Gasteiger partial charge in [-0.25, -0.2) is 0 Å². The van der Waals surface area contributed by atoms with Crippen molar-refractivity contribution in [2.45, 2.75) is 44.5 Å². The molecule has 0 heterocycles. The van der Waals surface area contributed by atoms with Crippen molar-refractivity contribution in [2.24, 2.45) is 0 Å². The number of nitrogens with zero attached hydrogens (tertiary/aromatic N) is 1. The number of benzene rings is 3. The monoisotopic (exact) mass is 542 g/mol. The molecule has 0 aliphatic heterocycles. The summed E-state index contributed by atoms with van der Waals surface area (Å²) in [6, 6.07) is 24.2. The van der Waals surface area contributed by atoms with Gasteiger partial charge in [-0.05, 0) is 35.2 Å². The molecule has 1 atom stereocenters. The quantitative estimate of drug-likeness (QED) is 0.242. The molecule has 0 aliphatic carbocycles. The molecule has 0 saturated heterocycles. The van der Waals surface area contributed by atoms with Gasteiger partial charge in [0.1, 0.15) is 6.04 Å². The maximum Gasteiger partial charge on any atom is 0.243 e. The predicted molar refractivity (Wildman–Crippen MR) is 151 cm³/mol. The molecule has 0 saturated carbocycles. The molecule has 0 radical (unpaired) electrons. The Balaban J connectivity index is 1.85. The van der Waals surface area contributed by atoms with Gasteiger partial charge in [0.05, 0.1) is 5.75 Å². The summed E-state index contributed by atoms with van der Waals surface area (Å²) >= 11 is 14.2. The fourth-order valence-corrected chi connectivity index (χ4v) is 5.21. The fourth-order valence-electron chi connectivity index (χ4n) is 3.82. The van der Waals surface area contributed by atoms with Gasteiger partial charge in [0.25, 0.3) is 0 Å². The minimum Gasteiger partial charge on any atom is -0.354 e. The third kappa shape index (κ3) is 8.58. The second-order valence-electron chi connectivity index (χ2n) is 8.55. The van der Waals surface area contributed by atoms with Gasteiger partial charge < -0.3 is 10.2 Å². The highest BCUT2D eigenvalue weighted by Gasteiger charge is 2.30. The second-order valence-corrected chi connectivity index (χ2v) is 10.3. The molecule has 3 rings (SSSR count). The first-order valence-electron chi connectivity index (χ1n) is 12.1. The van der Waals surface area contributed by atoms with Crippen molar-refractivity contribution in [2.75, 3.05) is 12.3 Å². The maximum absolute atomic E-state index is 13.6. The summed E-state index contributed by atoms with van der Waals surface area (Å²) in [5.74, 6) is 0.572. The zero-order valence-electron chi connectivity index (χ0n) is 20.5. The highest BCUT2D eigenvalue weighted by atomic mass is 35.5. The Bertz CT molecular complexity index is 1130. The van der Waals surface area contributed by atoms with Crippen LogP contribution in [0.4, 0.5) is 0 Å². The minimum absolute atomic E-state index is 0.112. The number of halogens is 2. The van der Waals surface area contributed by atoms with Gasteiger partial charge in [-0.1, -0.05) is 103 Å². The Morgan fingerprint density at radius 3 is 2.14 bits per heavy atom. The summed E-state index contributed by atoms with van der Waals surface area (Å²) in [6.07, 6.45) is 2.28. The van der Waals surface area contributed by atoms with Crippen LogP contribution < -0.4 is 5.32 Å². The molecule has 0 bridgehead atoms. The summed E-state index contributed by atoms with van der Waals surface area (Å²) in [6.45, 7) is 2.91. The first-order valence-corrected chi connectivity index (χ1v) is 14.1. The van der Waals surface area contributed by atoms with E-state index in [0.29, 0.717) is 28.8 Å². The van der Waals surface area contributed by atoms with E-state index in [4.69, 9.17) is 23.2 Å². The lowest BCUT2D eigenvalue weighted by Gasteiger charge is -2.32. The lowest BCUT2D eigenvalue weighted by Crippen LogP contribution is -2.51. The molecule has 0 aliphatic rings. The van der Waals surface area contributed by atoms with Crippen LogP contribution in [0.5, 0.6) is 0 Å². The number of carbonyl (C=O) groups is 2. The zero-order chi connectivity index (χ0) is 25.8. The second kappa shape index (κ2) is 14.9. The topological polar surface area (TPSA) is 49.4 Å². The van der Waals surface area contributed by atoms with Gasteiger partial charge in [-0.15, -0.1) is 11.8 Å². The number of hydrogen-bond acceptors (Lipinski definition) is 3. The molecule has 1 N–H and O–H groups in total. The fraction of sp³-hybridized carbons (Fsp3) is 0.310. The van der Waals surface area contributed by atoms with Crippen LogP contribution in [0.3, 0.4) is 0 Å². The van der Waals surface area contributed by atoms with Crippen LogP contribution in [0.15, 0.2) is 78.9 Å². The van der Waals surface area contributed by atoms with Gasteiger partial charge in [0.15, 0.2) is 0 Å². The Morgan fingerprint density at radius 1 is 0.889 bits per heavy atom. The number of hydrogen-bond donors (Lipinski definition) is 1. The Morgan fingerprint density at radius 2 is 1.50 bits per heavy atom. The van der Waals surface area contributed by atoms with Crippen molar-refractivity contribution < 1.29 is 9.59 Å². The van der Waals surface area contributed by atoms with Gasteiger partial charge in [0, 0.05) is 35.3 Å². The van der Waals surface area contributed by atoms with Crippen LogP contribution in [-0.4, -0.2) is 35.1 Å². The number of unbranched alkanes of at least 4 members (excludes halogenated alkanes) is 1. The molecule has 4 nitrogen and oxygen atoms in total. The predicted octanol–water partition coefficient (Wildman–Crippen LogP) is 6.78. The van der Waals surface area contributed by atoms with Crippen LogP contribution in [0.1, 0.15) is 36.5 Å². The zero-order valence-corrected chi connectivity index (χ0v) is 22.8. The number of thioether (sulfide) groups is 1. The Labute approximate surface area is 228 Å². The molecule has 36 heavy (non-hydrogen) atoms. The molecule has 190 valence electrons. The molecule has 0 unspecified atom stereocenters. The van der Waals surface area contributed by atoms with Crippen LogP contribution in [0.25, 0.3) is 0 Å². The van der Waals surface area contributed by atoms with Gasteiger partial charge in [-0.3, -0.25) is 9.59 Å². The van der Waals surface area contributed by atoms with E-state index in [9.17, 15) is 9.59 Å². The van der Waals surface area contributed by atoms with Gasteiger partial charge >= 0.3 is 0 Å². The van der Waals surface area contributed by atoms with Crippen molar-refractivity contribution in [3.8, 4) is 0 Å². The number of nitrogens with one attached hydrogen (secondary N) is 1. The number of carbonyl (C=O) groups excluding carboxylic acids is 2. The molecule has 0 aromatic heterocycles. The van der Waals surface area contributed by atoms with Crippen LogP contribution >= 0.6 is 35.0 Å². The van der Waals surface area contributed by atoms with Crippen molar-refractivity contribution in [1.82, 2.24) is 10.2 Å². The average molecular weight is 544 g/mol. The van der Waals surface area contributed by atoms with E-state index >= 15 is 0 Å². The lowest BCUT2D eigenvalue weighted by molar-refractivity contribution is -0.139. The average Bonchev–Trinajstić information content (AvgIpc) is 2.89. The third-order valence-electron chi connectivity index (χ3n) is 5.84. The SMILES string of the molecule is CCCCNC(=O)[C@H](Cc1ccccc1)N(Cc1ccccc1Cl)C(=O)CSCc1ccccc1Cl. The smallest absolute Gasteiger partial charge is 0.243 e. The minimum atomic E-state index is -0.658. The number of amides is 2. The van der Waals surface area contributed by atoms with E-state index in [1.807, 2.05) is 72.8 Å². The lowest BCUT2D eigenvalue weighted by atomic mass is 10.0. The van der Waals surface area contributed by atoms with Crippen LogP contribution in [0.2, 0.25) is 10.0 Å². The van der Waals surface area contributed by atoms with E-state index in [-0.39, 0.29) is 24.1 Å². The highest BCUT2D eigenvalue weighted by Crippen LogP contribution is 2.24. The van der Waals surface area contributed by atoms with E-state index in [1.54, 1.807) is 11.0 Å². The number of rotatable bonds is 13. The van der Waals surface area contributed by atoms with Gasteiger partial charge in [-0.2, -0.15) is 0 Å². The molecular weight excluding hydrogens is 511 g/mol. The van der Waals surface area contributed by atoms with E-state index in [1.165, 1.54) is 11.8 Å². The van der Waals surface area contributed by atoms with Crippen LogP contribution in [-0.2, 0) is 28.3 Å². The summed E-state index contributed by atoms with van der Waals surface area (Å²) in [7, 11) is 0. The van der Waals surface area contributed by atoms with Crippen molar-refractivity contribution >= 4 is 46.8 Å². The van der Waals surface area contributed by atoms with E-state index < -0.39 is 6.04 Å². The molecule has 2 amide bonds. The van der Waals surface area contributed by atoms with Crippen molar-refractivity contribution in [3.05, 3.63) is 106 Å².